The number of carbonyl (C=O) groups excluding carboxylic acids is 2. The number of rotatable bonds is 5. The van der Waals surface area contributed by atoms with E-state index >= 15 is 0 Å². The van der Waals surface area contributed by atoms with Crippen LogP contribution in [0.15, 0.2) is 48.5 Å². The van der Waals surface area contributed by atoms with Crippen molar-refractivity contribution in [3.8, 4) is 5.69 Å². The van der Waals surface area contributed by atoms with Crippen molar-refractivity contribution in [3.05, 3.63) is 77.1 Å². The Hall–Kier alpha value is -3.55. The normalized spacial score (nSPS) is 16.1. The minimum atomic E-state index is -0.892. The SMILES string of the molecule is Cc1nn(-c2ccccc2)c(C)c1CNC(=O)C1CCN(c2cc(F)cc(F)c2)C1=O. The van der Waals surface area contributed by atoms with Gasteiger partial charge in [-0.2, -0.15) is 5.10 Å². The zero-order valence-corrected chi connectivity index (χ0v) is 17.2. The smallest absolute Gasteiger partial charge is 0.239 e. The Bertz CT molecular complexity index is 1120. The molecule has 0 radical (unpaired) electrons. The van der Waals surface area contributed by atoms with Crippen LogP contribution in [0, 0.1) is 31.4 Å². The van der Waals surface area contributed by atoms with Crippen molar-refractivity contribution < 1.29 is 18.4 Å². The molecule has 2 heterocycles. The lowest BCUT2D eigenvalue weighted by Crippen LogP contribution is -2.36. The largest absolute Gasteiger partial charge is 0.351 e. The second-order valence-electron chi connectivity index (χ2n) is 7.57. The average molecular weight is 424 g/mol. The number of aromatic nitrogens is 2. The highest BCUT2D eigenvalue weighted by Crippen LogP contribution is 2.27. The van der Waals surface area contributed by atoms with Gasteiger partial charge in [0.25, 0.3) is 0 Å². The first-order valence-electron chi connectivity index (χ1n) is 10.0. The number of benzene rings is 2. The van der Waals surface area contributed by atoms with Crippen LogP contribution >= 0.6 is 0 Å². The monoisotopic (exact) mass is 424 g/mol. The Kier molecular flexibility index (Phi) is 5.54. The molecular formula is C23H22F2N4O2. The van der Waals surface area contributed by atoms with Crippen molar-refractivity contribution >= 4 is 17.5 Å². The first-order valence-corrected chi connectivity index (χ1v) is 10.0. The number of carbonyl (C=O) groups is 2. The van der Waals surface area contributed by atoms with Gasteiger partial charge in [-0.1, -0.05) is 18.2 Å². The molecule has 1 atom stereocenters. The molecule has 0 saturated carbocycles. The van der Waals surface area contributed by atoms with Crippen LogP contribution < -0.4 is 10.2 Å². The van der Waals surface area contributed by atoms with Crippen molar-refractivity contribution in [2.45, 2.75) is 26.8 Å². The van der Waals surface area contributed by atoms with Gasteiger partial charge in [-0.15, -0.1) is 0 Å². The van der Waals surface area contributed by atoms with Gasteiger partial charge >= 0.3 is 0 Å². The number of aryl methyl sites for hydroxylation is 1. The molecule has 1 aromatic heterocycles. The Balaban J connectivity index is 1.45. The fraction of sp³-hybridized carbons (Fsp3) is 0.261. The zero-order valence-electron chi connectivity index (χ0n) is 17.2. The van der Waals surface area contributed by atoms with E-state index in [2.05, 4.69) is 10.4 Å². The van der Waals surface area contributed by atoms with E-state index in [1.165, 1.54) is 4.90 Å². The van der Waals surface area contributed by atoms with Crippen LogP contribution in [0.3, 0.4) is 0 Å². The molecule has 1 aliphatic rings. The van der Waals surface area contributed by atoms with Gasteiger partial charge in [-0.3, -0.25) is 9.59 Å². The first-order chi connectivity index (χ1) is 14.8. The van der Waals surface area contributed by atoms with Crippen LogP contribution in [0.4, 0.5) is 14.5 Å². The summed E-state index contributed by atoms with van der Waals surface area (Å²) in [5.41, 5.74) is 3.61. The molecule has 3 aromatic rings. The highest BCUT2D eigenvalue weighted by atomic mass is 19.1. The third-order valence-electron chi connectivity index (χ3n) is 5.56. The van der Waals surface area contributed by atoms with Gasteiger partial charge in [0.1, 0.15) is 17.6 Å². The zero-order chi connectivity index (χ0) is 22.1. The van der Waals surface area contributed by atoms with Crippen LogP contribution in [0.5, 0.6) is 0 Å². The van der Waals surface area contributed by atoms with Crippen molar-refractivity contribution in [3.63, 3.8) is 0 Å². The Morgan fingerprint density at radius 2 is 1.77 bits per heavy atom. The predicted molar refractivity (Wildman–Crippen MR) is 112 cm³/mol. The summed E-state index contributed by atoms with van der Waals surface area (Å²) in [6, 6.07) is 12.6. The second kappa shape index (κ2) is 8.29. The molecule has 1 unspecified atom stereocenters. The number of hydrogen-bond donors (Lipinski definition) is 1. The quantitative estimate of drug-likeness (QED) is 0.638. The van der Waals surface area contributed by atoms with E-state index in [-0.39, 0.29) is 25.2 Å². The summed E-state index contributed by atoms with van der Waals surface area (Å²) in [7, 11) is 0. The fourth-order valence-corrected chi connectivity index (χ4v) is 3.92. The Morgan fingerprint density at radius 3 is 2.45 bits per heavy atom. The van der Waals surface area contributed by atoms with Gasteiger partial charge in [0.15, 0.2) is 0 Å². The molecule has 2 amide bonds. The van der Waals surface area contributed by atoms with Crippen LogP contribution in [-0.2, 0) is 16.1 Å². The third kappa shape index (κ3) is 4.05. The first kappa shape index (κ1) is 20.7. The van der Waals surface area contributed by atoms with Gasteiger partial charge in [0.05, 0.1) is 11.4 Å². The minimum absolute atomic E-state index is 0.119. The maximum absolute atomic E-state index is 13.5. The third-order valence-corrected chi connectivity index (χ3v) is 5.56. The number of halogens is 2. The Labute approximate surface area is 178 Å². The molecule has 1 aliphatic heterocycles. The summed E-state index contributed by atoms with van der Waals surface area (Å²) in [6.45, 7) is 4.26. The molecule has 1 N–H and O–H groups in total. The maximum Gasteiger partial charge on any atom is 0.239 e. The summed E-state index contributed by atoms with van der Waals surface area (Å²) in [5, 5.41) is 7.38. The molecule has 4 rings (SSSR count). The van der Waals surface area contributed by atoms with E-state index in [4.69, 9.17) is 0 Å². The molecular weight excluding hydrogens is 402 g/mol. The number of para-hydroxylation sites is 1. The minimum Gasteiger partial charge on any atom is -0.351 e. The Morgan fingerprint density at radius 1 is 1.10 bits per heavy atom. The van der Waals surface area contributed by atoms with Crippen LogP contribution in [0.2, 0.25) is 0 Å². The summed E-state index contributed by atoms with van der Waals surface area (Å²) in [4.78, 5) is 26.7. The summed E-state index contributed by atoms with van der Waals surface area (Å²) >= 11 is 0. The lowest BCUT2D eigenvalue weighted by molar-refractivity contribution is -0.132. The van der Waals surface area contributed by atoms with Crippen LogP contribution in [0.1, 0.15) is 23.4 Å². The average Bonchev–Trinajstić information content (AvgIpc) is 3.25. The van der Waals surface area contributed by atoms with E-state index in [0.717, 1.165) is 40.8 Å². The molecule has 0 spiro atoms. The molecule has 0 bridgehead atoms. The molecule has 160 valence electrons. The van der Waals surface area contributed by atoms with Crippen molar-refractivity contribution in [2.75, 3.05) is 11.4 Å². The number of anilines is 1. The lowest BCUT2D eigenvalue weighted by Gasteiger charge is -2.17. The summed E-state index contributed by atoms with van der Waals surface area (Å²) in [6.07, 6.45) is 0.282. The predicted octanol–water partition coefficient (Wildman–Crippen LogP) is 3.44. The topological polar surface area (TPSA) is 67.2 Å². The lowest BCUT2D eigenvalue weighted by atomic mass is 10.1. The standard InChI is InChI=1S/C23H22F2N4O2/c1-14-21(15(2)29(27-14)18-6-4-3-5-7-18)13-26-22(30)20-8-9-28(23(20)31)19-11-16(24)10-17(25)12-19/h3-7,10-12,20H,8-9,13H2,1-2H3,(H,26,30). The molecule has 8 heteroatoms. The summed E-state index contributed by atoms with van der Waals surface area (Å²) in [5.74, 6) is -3.29. The van der Waals surface area contributed by atoms with E-state index in [9.17, 15) is 18.4 Å². The molecule has 1 saturated heterocycles. The molecule has 2 aromatic carbocycles. The van der Waals surface area contributed by atoms with Crippen molar-refractivity contribution in [1.82, 2.24) is 15.1 Å². The maximum atomic E-state index is 13.5. The molecule has 0 aliphatic carbocycles. The van der Waals surface area contributed by atoms with Gasteiger partial charge in [-0.25, -0.2) is 13.5 Å². The molecule has 6 nitrogen and oxygen atoms in total. The van der Waals surface area contributed by atoms with Crippen molar-refractivity contribution in [1.29, 1.82) is 0 Å². The number of nitrogens with one attached hydrogen (secondary N) is 1. The number of hydrogen-bond acceptors (Lipinski definition) is 3. The number of amides is 2. The van der Waals surface area contributed by atoms with Crippen molar-refractivity contribution in [2.24, 2.45) is 5.92 Å². The van der Waals surface area contributed by atoms with Gasteiger partial charge in [0.2, 0.25) is 11.8 Å². The van der Waals surface area contributed by atoms with Gasteiger partial charge < -0.3 is 10.2 Å². The second-order valence-corrected chi connectivity index (χ2v) is 7.57. The molecule has 1 fully saturated rings. The van der Waals surface area contributed by atoms with Gasteiger partial charge in [-0.05, 0) is 44.5 Å². The molecule has 31 heavy (non-hydrogen) atoms. The van der Waals surface area contributed by atoms with E-state index in [0.29, 0.717) is 0 Å². The van der Waals surface area contributed by atoms with Crippen LogP contribution in [-0.4, -0.2) is 28.1 Å². The van der Waals surface area contributed by atoms with E-state index in [1.807, 2.05) is 48.9 Å². The number of nitrogens with zero attached hydrogens (tertiary/aromatic N) is 3. The summed E-state index contributed by atoms with van der Waals surface area (Å²) < 4.78 is 28.8. The fourth-order valence-electron chi connectivity index (χ4n) is 3.92. The van der Waals surface area contributed by atoms with E-state index in [1.54, 1.807) is 0 Å². The highest BCUT2D eigenvalue weighted by molar-refractivity contribution is 6.09. The highest BCUT2D eigenvalue weighted by Gasteiger charge is 2.38. The van der Waals surface area contributed by atoms with Gasteiger partial charge in [0, 0.05) is 36.1 Å². The van der Waals surface area contributed by atoms with Crippen LogP contribution in [0.25, 0.3) is 5.69 Å². The van der Waals surface area contributed by atoms with E-state index < -0.39 is 29.4 Å².